The number of hydrogen-bond donors (Lipinski definition) is 0. The third-order valence-electron chi connectivity index (χ3n) is 4.04. The highest BCUT2D eigenvalue weighted by molar-refractivity contribution is 5.86. The predicted octanol–water partition coefficient (Wildman–Crippen LogP) is 4.20. The van der Waals surface area contributed by atoms with Crippen molar-refractivity contribution >= 4 is 11.6 Å². The first-order valence-electron chi connectivity index (χ1n) is 7.66. The van der Waals surface area contributed by atoms with Crippen molar-refractivity contribution in [2.45, 2.75) is 32.6 Å². The van der Waals surface area contributed by atoms with Crippen LogP contribution in [-0.2, 0) is 16.0 Å². The number of Topliss-reactive ketones (excluding diaryl/α,β-unsaturated/α-hetero) is 2. The molecule has 114 valence electrons. The smallest absolute Gasteiger partial charge is 0.133 e. The van der Waals surface area contributed by atoms with Crippen molar-refractivity contribution in [3.05, 3.63) is 71.8 Å². The fraction of sp³-hybridized carbons (Fsp3) is 0.300. The number of benzene rings is 2. The molecular weight excluding hydrogens is 272 g/mol. The molecule has 2 rings (SSSR count). The third-order valence-corrected chi connectivity index (χ3v) is 4.04. The Morgan fingerprint density at radius 2 is 1.41 bits per heavy atom. The number of rotatable bonds is 7. The summed E-state index contributed by atoms with van der Waals surface area (Å²) in [5.74, 6) is -0.0840. The minimum atomic E-state index is -0.264. The lowest BCUT2D eigenvalue weighted by Crippen LogP contribution is -2.24. The Bertz CT molecular complexity index is 617. The van der Waals surface area contributed by atoms with Gasteiger partial charge < -0.3 is 4.79 Å². The fourth-order valence-corrected chi connectivity index (χ4v) is 2.94. The summed E-state index contributed by atoms with van der Waals surface area (Å²) in [6.07, 6.45) is 1.07. The van der Waals surface area contributed by atoms with Gasteiger partial charge in [0.15, 0.2) is 0 Å². The van der Waals surface area contributed by atoms with Gasteiger partial charge in [0.25, 0.3) is 0 Å². The van der Waals surface area contributed by atoms with Crippen molar-refractivity contribution in [2.75, 3.05) is 0 Å². The molecule has 2 aromatic carbocycles. The summed E-state index contributed by atoms with van der Waals surface area (Å²) in [7, 11) is 0. The van der Waals surface area contributed by atoms with Crippen molar-refractivity contribution < 1.29 is 9.59 Å². The minimum absolute atomic E-state index is 0.0324. The Hall–Kier alpha value is -2.22. The van der Waals surface area contributed by atoms with Crippen molar-refractivity contribution in [3.8, 4) is 0 Å². The molecule has 0 aliphatic carbocycles. The van der Waals surface area contributed by atoms with Crippen LogP contribution in [0, 0.1) is 5.92 Å². The quantitative estimate of drug-likeness (QED) is 0.767. The summed E-state index contributed by atoms with van der Waals surface area (Å²) >= 11 is 0. The van der Waals surface area contributed by atoms with Gasteiger partial charge in [0.05, 0.1) is 0 Å². The van der Waals surface area contributed by atoms with E-state index >= 15 is 0 Å². The first-order valence-corrected chi connectivity index (χ1v) is 7.66. The highest BCUT2D eigenvalue weighted by atomic mass is 16.1. The molecule has 0 spiro atoms. The molecule has 0 amide bonds. The summed E-state index contributed by atoms with van der Waals surface area (Å²) in [6.45, 7) is 3.15. The van der Waals surface area contributed by atoms with E-state index in [4.69, 9.17) is 0 Å². The lowest BCUT2D eigenvalue weighted by Gasteiger charge is -2.25. The average molecular weight is 294 g/mol. The Labute approximate surface area is 132 Å². The molecule has 0 aliphatic heterocycles. The van der Waals surface area contributed by atoms with E-state index in [1.807, 2.05) is 48.5 Å². The van der Waals surface area contributed by atoms with E-state index in [2.05, 4.69) is 12.1 Å². The predicted molar refractivity (Wildman–Crippen MR) is 88.8 cm³/mol. The SMILES string of the molecule is CC(=O)CC(C(C)=O)C(Cc1ccccc1)c1ccccc1. The van der Waals surface area contributed by atoms with Gasteiger partial charge in [-0.05, 0) is 37.3 Å². The third kappa shape index (κ3) is 4.39. The number of ketones is 2. The van der Waals surface area contributed by atoms with Crippen LogP contribution in [0.3, 0.4) is 0 Å². The highest BCUT2D eigenvalue weighted by Crippen LogP contribution is 2.31. The second-order valence-electron chi connectivity index (χ2n) is 5.83. The van der Waals surface area contributed by atoms with Gasteiger partial charge in [-0.3, -0.25) is 4.79 Å². The van der Waals surface area contributed by atoms with Crippen LogP contribution in [0.5, 0.6) is 0 Å². The van der Waals surface area contributed by atoms with Crippen LogP contribution in [0.1, 0.15) is 37.3 Å². The van der Waals surface area contributed by atoms with E-state index in [1.165, 1.54) is 5.56 Å². The Kier molecular flexibility index (Phi) is 5.65. The van der Waals surface area contributed by atoms with E-state index in [-0.39, 0.29) is 23.4 Å². The maximum absolute atomic E-state index is 12.1. The Morgan fingerprint density at radius 3 is 1.91 bits per heavy atom. The maximum atomic E-state index is 12.1. The average Bonchev–Trinajstić information content (AvgIpc) is 2.52. The van der Waals surface area contributed by atoms with E-state index in [0.29, 0.717) is 6.42 Å². The van der Waals surface area contributed by atoms with Gasteiger partial charge in [0.1, 0.15) is 11.6 Å². The topological polar surface area (TPSA) is 34.1 Å². The van der Waals surface area contributed by atoms with E-state index < -0.39 is 0 Å². The number of hydrogen-bond acceptors (Lipinski definition) is 2. The molecule has 2 nitrogen and oxygen atoms in total. The molecule has 0 saturated carbocycles. The zero-order chi connectivity index (χ0) is 15.9. The number of carbonyl (C=O) groups excluding carboxylic acids is 2. The molecule has 0 aliphatic rings. The molecule has 0 fully saturated rings. The van der Waals surface area contributed by atoms with Gasteiger partial charge in [0, 0.05) is 12.3 Å². The Balaban J connectivity index is 2.35. The van der Waals surface area contributed by atoms with E-state index in [9.17, 15) is 9.59 Å². The maximum Gasteiger partial charge on any atom is 0.133 e. The zero-order valence-electron chi connectivity index (χ0n) is 13.2. The molecule has 0 saturated heterocycles. The standard InChI is InChI=1S/C20H22O2/c1-15(21)13-19(16(2)22)20(18-11-7-4-8-12-18)14-17-9-5-3-6-10-17/h3-12,19-20H,13-14H2,1-2H3. The molecule has 2 aromatic rings. The van der Waals surface area contributed by atoms with Crippen molar-refractivity contribution in [2.24, 2.45) is 5.92 Å². The largest absolute Gasteiger partial charge is 0.300 e. The summed E-state index contributed by atoms with van der Waals surface area (Å²) in [5.41, 5.74) is 2.30. The van der Waals surface area contributed by atoms with Crippen LogP contribution in [0.15, 0.2) is 60.7 Å². The van der Waals surface area contributed by atoms with Gasteiger partial charge in [-0.1, -0.05) is 60.7 Å². The molecule has 0 heterocycles. The molecule has 0 N–H and O–H groups in total. The van der Waals surface area contributed by atoms with Gasteiger partial charge in [-0.15, -0.1) is 0 Å². The van der Waals surface area contributed by atoms with Crippen LogP contribution >= 0.6 is 0 Å². The van der Waals surface area contributed by atoms with E-state index in [0.717, 1.165) is 12.0 Å². The van der Waals surface area contributed by atoms with Crippen LogP contribution < -0.4 is 0 Å². The molecule has 2 heteroatoms. The normalized spacial score (nSPS) is 13.4. The fourth-order valence-electron chi connectivity index (χ4n) is 2.94. The Morgan fingerprint density at radius 1 is 0.864 bits per heavy atom. The molecule has 2 unspecified atom stereocenters. The van der Waals surface area contributed by atoms with Crippen LogP contribution in [-0.4, -0.2) is 11.6 Å². The monoisotopic (exact) mass is 294 g/mol. The van der Waals surface area contributed by atoms with Crippen molar-refractivity contribution in [1.29, 1.82) is 0 Å². The van der Waals surface area contributed by atoms with Crippen molar-refractivity contribution in [3.63, 3.8) is 0 Å². The lowest BCUT2D eigenvalue weighted by molar-refractivity contribution is -0.126. The van der Waals surface area contributed by atoms with Crippen LogP contribution in [0.25, 0.3) is 0 Å². The number of carbonyl (C=O) groups is 2. The second-order valence-corrected chi connectivity index (χ2v) is 5.83. The van der Waals surface area contributed by atoms with Gasteiger partial charge in [-0.25, -0.2) is 0 Å². The summed E-state index contributed by atoms with van der Waals surface area (Å²) < 4.78 is 0. The lowest BCUT2D eigenvalue weighted by atomic mass is 9.77. The van der Waals surface area contributed by atoms with E-state index in [1.54, 1.807) is 13.8 Å². The zero-order valence-corrected chi connectivity index (χ0v) is 13.2. The summed E-state index contributed by atoms with van der Waals surface area (Å²) in [4.78, 5) is 23.7. The van der Waals surface area contributed by atoms with Crippen LogP contribution in [0.4, 0.5) is 0 Å². The molecular formula is C20H22O2. The minimum Gasteiger partial charge on any atom is -0.300 e. The van der Waals surface area contributed by atoms with Gasteiger partial charge in [0.2, 0.25) is 0 Å². The molecule has 0 bridgehead atoms. The summed E-state index contributed by atoms with van der Waals surface area (Å²) in [6, 6.07) is 20.2. The molecule has 0 aromatic heterocycles. The van der Waals surface area contributed by atoms with Gasteiger partial charge in [-0.2, -0.15) is 0 Å². The second kappa shape index (κ2) is 7.69. The van der Waals surface area contributed by atoms with Crippen molar-refractivity contribution in [1.82, 2.24) is 0 Å². The van der Waals surface area contributed by atoms with Crippen LogP contribution in [0.2, 0.25) is 0 Å². The molecule has 0 radical (unpaired) electrons. The molecule has 2 atom stereocenters. The summed E-state index contributed by atoms with van der Waals surface area (Å²) in [5, 5.41) is 0. The first-order chi connectivity index (χ1) is 10.6. The van der Waals surface area contributed by atoms with Gasteiger partial charge >= 0.3 is 0 Å². The first kappa shape index (κ1) is 16.2. The molecule has 22 heavy (non-hydrogen) atoms. The highest BCUT2D eigenvalue weighted by Gasteiger charge is 2.28.